The van der Waals surface area contributed by atoms with Crippen LogP contribution in [0.3, 0.4) is 0 Å². The monoisotopic (exact) mass is 437 g/mol. The van der Waals surface area contributed by atoms with Crippen LogP contribution in [0.5, 0.6) is 0 Å². The van der Waals surface area contributed by atoms with Gasteiger partial charge in [-0.2, -0.15) is 0 Å². The average molecular weight is 438 g/mol. The summed E-state index contributed by atoms with van der Waals surface area (Å²) in [5.74, 6) is 7.38. The molecule has 1 unspecified atom stereocenters. The van der Waals surface area contributed by atoms with E-state index in [1.165, 1.54) is 18.4 Å². The molecule has 1 atom stereocenters. The Hall–Kier alpha value is -1.94. The first-order valence-electron chi connectivity index (χ1n) is 11.5. The number of ether oxygens (including phenoxy) is 1. The normalized spacial score (nSPS) is 31.7. The molecule has 2 N–H and O–H groups in total. The third-order valence-electron chi connectivity index (χ3n) is 7.75. The molecule has 0 aromatic heterocycles. The molecular formula is C25H31N3O2S. The summed E-state index contributed by atoms with van der Waals surface area (Å²) in [4.78, 5) is 15.9. The third kappa shape index (κ3) is 3.29. The van der Waals surface area contributed by atoms with Gasteiger partial charge in [-0.1, -0.05) is 17.9 Å². The molecule has 0 radical (unpaired) electrons. The first-order chi connectivity index (χ1) is 15.0. The molecule has 1 aromatic carbocycles. The van der Waals surface area contributed by atoms with Crippen LogP contribution >= 0.6 is 12.2 Å². The Kier molecular flexibility index (Phi) is 5.32. The van der Waals surface area contributed by atoms with Gasteiger partial charge >= 0.3 is 0 Å². The molecule has 5 rings (SSSR count). The number of nitrogens with zero attached hydrogens (tertiary/aromatic N) is 1. The Balaban J connectivity index is 1.58. The molecular weight excluding hydrogens is 406 g/mol. The lowest BCUT2D eigenvalue weighted by Crippen LogP contribution is -2.57. The second-order valence-electron chi connectivity index (χ2n) is 9.55. The minimum absolute atomic E-state index is 0.106. The van der Waals surface area contributed by atoms with E-state index in [1.54, 1.807) is 12.0 Å². The molecule has 1 aromatic rings. The summed E-state index contributed by atoms with van der Waals surface area (Å²) in [7, 11) is 3.69. The van der Waals surface area contributed by atoms with Gasteiger partial charge in [-0.3, -0.25) is 9.69 Å². The van der Waals surface area contributed by atoms with Crippen molar-refractivity contribution < 1.29 is 9.53 Å². The molecule has 31 heavy (non-hydrogen) atoms. The van der Waals surface area contributed by atoms with Gasteiger partial charge in [0.2, 0.25) is 0 Å². The molecule has 2 saturated carbocycles. The maximum absolute atomic E-state index is 14.1. The largest absolute Gasteiger partial charge is 0.381 e. The van der Waals surface area contributed by atoms with Crippen molar-refractivity contribution in [3.63, 3.8) is 0 Å². The minimum atomic E-state index is -0.789. The highest BCUT2D eigenvalue weighted by atomic mass is 32.1. The van der Waals surface area contributed by atoms with Crippen molar-refractivity contribution in [1.82, 2.24) is 15.5 Å². The number of carbonyl (C=O) groups excluding carboxylic acids is 1. The van der Waals surface area contributed by atoms with Crippen molar-refractivity contribution in [3.8, 4) is 11.8 Å². The van der Waals surface area contributed by atoms with Crippen LogP contribution in [0.4, 0.5) is 0 Å². The van der Waals surface area contributed by atoms with Crippen molar-refractivity contribution in [3.05, 3.63) is 34.9 Å². The van der Waals surface area contributed by atoms with E-state index in [9.17, 15) is 4.79 Å². The van der Waals surface area contributed by atoms with Crippen LogP contribution in [0.25, 0.3) is 0 Å². The number of nitrogens with one attached hydrogen (secondary N) is 2. The average Bonchev–Trinajstić information content (AvgIpc) is 3.53. The number of benzene rings is 1. The second-order valence-corrected chi connectivity index (χ2v) is 9.93. The van der Waals surface area contributed by atoms with E-state index < -0.39 is 5.54 Å². The molecule has 3 fully saturated rings. The first kappa shape index (κ1) is 20.9. The fourth-order valence-corrected chi connectivity index (χ4v) is 6.16. The van der Waals surface area contributed by atoms with Crippen molar-refractivity contribution >= 4 is 23.2 Å². The van der Waals surface area contributed by atoms with E-state index in [1.807, 2.05) is 7.05 Å². The standard InChI is InChI=1S/C25H31N3O2S/c1-26-13-14-28-22(29)25(27-23(28)31)21-15-18(6-5-17-3-4-17)7-8-19(21)16-24(25)11-9-20(30-2)10-12-24/h7-8,15,17,20,26H,3-4,9-14,16H2,1-2H3,(H,27,31). The molecule has 1 heterocycles. The summed E-state index contributed by atoms with van der Waals surface area (Å²) in [6.45, 7) is 1.29. The fourth-order valence-electron chi connectivity index (χ4n) is 5.83. The molecule has 2 spiro atoms. The van der Waals surface area contributed by atoms with Gasteiger partial charge in [0.1, 0.15) is 0 Å². The summed E-state index contributed by atoms with van der Waals surface area (Å²) in [6, 6.07) is 6.48. The number of rotatable bonds is 4. The topological polar surface area (TPSA) is 53.6 Å². The highest BCUT2D eigenvalue weighted by Crippen LogP contribution is 2.60. The lowest BCUT2D eigenvalue weighted by atomic mass is 9.61. The number of likely N-dealkylation sites (N-methyl/N-ethyl adjacent to an activating group) is 1. The maximum atomic E-state index is 14.1. The molecule has 164 valence electrons. The Morgan fingerprint density at radius 1 is 1.29 bits per heavy atom. The fraction of sp³-hybridized carbons (Fsp3) is 0.600. The van der Waals surface area contributed by atoms with E-state index >= 15 is 0 Å². The number of thiocarbonyl (C=S) groups is 1. The van der Waals surface area contributed by atoms with Gasteiger partial charge in [-0.15, -0.1) is 0 Å². The van der Waals surface area contributed by atoms with Crippen LogP contribution in [0.15, 0.2) is 18.2 Å². The van der Waals surface area contributed by atoms with Gasteiger partial charge < -0.3 is 15.4 Å². The Morgan fingerprint density at radius 2 is 2.06 bits per heavy atom. The van der Waals surface area contributed by atoms with Crippen LogP contribution < -0.4 is 10.6 Å². The molecule has 1 aliphatic heterocycles. The van der Waals surface area contributed by atoms with E-state index in [0.717, 1.165) is 43.2 Å². The summed E-state index contributed by atoms with van der Waals surface area (Å²) in [5, 5.41) is 7.28. The smallest absolute Gasteiger partial charge is 0.259 e. The van der Waals surface area contributed by atoms with Crippen molar-refractivity contribution in [2.45, 2.75) is 56.6 Å². The van der Waals surface area contributed by atoms with Crippen LogP contribution in [0.2, 0.25) is 0 Å². The van der Waals surface area contributed by atoms with Gasteiger partial charge in [0.25, 0.3) is 5.91 Å². The quantitative estimate of drug-likeness (QED) is 0.560. The highest BCUT2D eigenvalue weighted by Gasteiger charge is 2.67. The number of fused-ring (bicyclic) bond motifs is 3. The summed E-state index contributed by atoms with van der Waals surface area (Å²) < 4.78 is 5.66. The molecule has 5 nitrogen and oxygen atoms in total. The van der Waals surface area contributed by atoms with Crippen LogP contribution in [0, 0.1) is 23.2 Å². The van der Waals surface area contributed by atoms with E-state index in [2.05, 4.69) is 40.7 Å². The number of amides is 1. The van der Waals surface area contributed by atoms with Gasteiger partial charge in [-0.05, 0) is 87.5 Å². The van der Waals surface area contributed by atoms with Gasteiger partial charge in [0.15, 0.2) is 10.7 Å². The first-order valence-corrected chi connectivity index (χ1v) is 11.9. The SMILES string of the molecule is CNCCN1C(=O)C2(NC1=S)c1cc(C#CC3CC3)ccc1CC21CCC(OC)CC1. The number of carbonyl (C=O) groups is 1. The molecule has 0 bridgehead atoms. The van der Waals surface area contributed by atoms with Crippen molar-refractivity contribution in [2.24, 2.45) is 11.3 Å². The second kappa shape index (κ2) is 7.88. The highest BCUT2D eigenvalue weighted by molar-refractivity contribution is 7.80. The molecule has 4 aliphatic rings. The maximum Gasteiger partial charge on any atom is 0.259 e. The lowest BCUT2D eigenvalue weighted by Gasteiger charge is -2.46. The Morgan fingerprint density at radius 3 is 2.74 bits per heavy atom. The number of hydrogen-bond acceptors (Lipinski definition) is 4. The van der Waals surface area contributed by atoms with Crippen molar-refractivity contribution in [1.29, 1.82) is 0 Å². The van der Waals surface area contributed by atoms with E-state index in [-0.39, 0.29) is 17.4 Å². The predicted molar refractivity (Wildman–Crippen MR) is 124 cm³/mol. The molecule has 1 saturated heterocycles. The zero-order valence-electron chi connectivity index (χ0n) is 18.4. The minimum Gasteiger partial charge on any atom is -0.381 e. The zero-order chi connectivity index (χ0) is 21.6. The van der Waals surface area contributed by atoms with E-state index in [4.69, 9.17) is 17.0 Å². The van der Waals surface area contributed by atoms with Crippen LogP contribution in [-0.2, 0) is 21.5 Å². The van der Waals surface area contributed by atoms with Gasteiger partial charge in [0.05, 0.1) is 6.10 Å². The summed E-state index contributed by atoms with van der Waals surface area (Å²) in [6.07, 6.45) is 7.43. The predicted octanol–water partition coefficient (Wildman–Crippen LogP) is 2.71. The lowest BCUT2D eigenvalue weighted by molar-refractivity contribution is -0.138. The van der Waals surface area contributed by atoms with Crippen LogP contribution in [0.1, 0.15) is 55.2 Å². The van der Waals surface area contributed by atoms with Gasteiger partial charge in [-0.25, -0.2) is 0 Å². The van der Waals surface area contributed by atoms with E-state index in [0.29, 0.717) is 24.1 Å². The Labute approximate surface area is 190 Å². The third-order valence-corrected chi connectivity index (χ3v) is 8.07. The summed E-state index contributed by atoms with van der Waals surface area (Å²) in [5.41, 5.74) is 2.38. The molecule has 3 aliphatic carbocycles. The number of hydrogen-bond donors (Lipinski definition) is 2. The van der Waals surface area contributed by atoms with Gasteiger partial charge in [0, 0.05) is 37.1 Å². The Bertz CT molecular complexity index is 969. The zero-order valence-corrected chi connectivity index (χ0v) is 19.2. The molecule has 1 amide bonds. The van der Waals surface area contributed by atoms with Crippen LogP contribution in [-0.4, -0.2) is 49.3 Å². The van der Waals surface area contributed by atoms with Crippen molar-refractivity contribution in [2.75, 3.05) is 27.2 Å². The summed E-state index contributed by atoms with van der Waals surface area (Å²) >= 11 is 5.71. The molecule has 6 heteroatoms. The number of methoxy groups -OCH3 is 1.